The van der Waals surface area contributed by atoms with Crippen LogP contribution in [0.15, 0.2) is 34.7 Å². The maximum Gasteiger partial charge on any atom is 0.306 e. The van der Waals surface area contributed by atoms with Crippen LogP contribution in [0.5, 0.6) is 0 Å². The van der Waals surface area contributed by atoms with Gasteiger partial charge in [0.25, 0.3) is 0 Å². The second-order valence-corrected chi connectivity index (χ2v) is 8.39. The van der Waals surface area contributed by atoms with Crippen molar-refractivity contribution in [3.8, 4) is 0 Å². The van der Waals surface area contributed by atoms with Gasteiger partial charge in [-0.25, -0.2) is 13.6 Å². The topological polar surface area (TPSA) is 132 Å². The molecule has 0 radical (unpaired) electrons. The fraction of sp³-hybridized carbons (Fsp3) is 0.389. The standard InChI is InChI=1S/C18H19NO6S/c19-26(24,25)15-6-2-5-13-16(15)14(20)9-12(17(13)21)8-10-3-1-4-11(7-10)18(22)23/h2,5-6,9-11H,1,3-4,7-8H2,(H,22,23)(H2,19,24,25)/t10-,11+/m0/s1. The van der Waals surface area contributed by atoms with Crippen molar-refractivity contribution in [1.29, 1.82) is 0 Å². The van der Waals surface area contributed by atoms with Crippen molar-refractivity contribution in [1.82, 2.24) is 0 Å². The summed E-state index contributed by atoms with van der Waals surface area (Å²) in [6, 6.07) is 4.00. The summed E-state index contributed by atoms with van der Waals surface area (Å²) in [4.78, 5) is 36.1. The normalized spacial score (nSPS) is 23.3. The summed E-state index contributed by atoms with van der Waals surface area (Å²) in [6.07, 6.45) is 4.14. The highest BCUT2D eigenvalue weighted by Gasteiger charge is 2.33. The van der Waals surface area contributed by atoms with Gasteiger partial charge in [-0.2, -0.15) is 0 Å². The summed E-state index contributed by atoms with van der Waals surface area (Å²) in [5, 5.41) is 14.3. The lowest BCUT2D eigenvalue weighted by molar-refractivity contribution is -0.143. The Morgan fingerprint density at radius 2 is 1.96 bits per heavy atom. The van der Waals surface area contributed by atoms with E-state index in [1.54, 1.807) is 0 Å². The van der Waals surface area contributed by atoms with Crippen LogP contribution in [-0.4, -0.2) is 31.1 Å². The Morgan fingerprint density at radius 1 is 1.23 bits per heavy atom. The van der Waals surface area contributed by atoms with Gasteiger partial charge in [0.1, 0.15) is 0 Å². The van der Waals surface area contributed by atoms with Gasteiger partial charge < -0.3 is 5.11 Å². The number of primary sulfonamides is 1. The molecule has 8 heteroatoms. The van der Waals surface area contributed by atoms with Crippen molar-refractivity contribution >= 4 is 27.6 Å². The second kappa shape index (κ2) is 6.77. The van der Waals surface area contributed by atoms with E-state index in [-0.39, 0.29) is 21.9 Å². The third-order valence-corrected chi connectivity index (χ3v) is 6.01. The minimum atomic E-state index is -4.13. The molecule has 1 saturated carbocycles. The molecule has 0 aliphatic heterocycles. The zero-order chi connectivity index (χ0) is 19.1. The fourth-order valence-electron chi connectivity index (χ4n) is 3.84. The van der Waals surface area contributed by atoms with Crippen LogP contribution in [0, 0.1) is 11.8 Å². The number of carboxylic acids is 1. The summed E-state index contributed by atoms with van der Waals surface area (Å²) in [5.74, 6) is -2.22. The van der Waals surface area contributed by atoms with Crippen LogP contribution in [0.1, 0.15) is 52.8 Å². The third kappa shape index (κ3) is 3.47. The van der Waals surface area contributed by atoms with Crippen molar-refractivity contribution in [2.75, 3.05) is 0 Å². The van der Waals surface area contributed by atoms with E-state index in [0.717, 1.165) is 12.8 Å². The molecule has 2 atom stereocenters. The predicted molar refractivity (Wildman–Crippen MR) is 92.3 cm³/mol. The molecule has 0 unspecified atom stereocenters. The Bertz CT molecular complexity index is 931. The van der Waals surface area contributed by atoms with Gasteiger partial charge >= 0.3 is 5.97 Å². The number of sulfonamides is 1. The molecule has 0 spiro atoms. The number of allylic oxidation sites excluding steroid dienone is 2. The molecule has 1 aromatic carbocycles. The molecule has 0 aromatic heterocycles. The number of carboxylic acid groups (broad SMARTS) is 1. The molecule has 0 heterocycles. The number of aliphatic carboxylic acids is 1. The molecule has 138 valence electrons. The van der Waals surface area contributed by atoms with Gasteiger partial charge in [0, 0.05) is 11.1 Å². The molecule has 0 bridgehead atoms. The molecule has 26 heavy (non-hydrogen) atoms. The van der Waals surface area contributed by atoms with Crippen LogP contribution < -0.4 is 5.14 Å². The molecule has 2 aliphatic rings. The maximum atomic E-state index is 12.8. The molecule has 1 fully saturated rings. The fourth-order valence-corrected chi connectivity index (χ4v) is 4.61. The first-order valence-corrected chi connectivity index (χ1v) is 9.91. The molecular weight excluding hydrogens is 358 g/mol. The number of hydrogen-bond acceptors (Lipinski definition) is 5. The van der Waals surface area contributed by atoms with Crippen molar-refractivity contribution in [3.63, 3.8) is 0 Å². The maximum absolute atomic E-state index is 12.8. The number of hydrogen-bond donors (Lipinski definition) is 2. The van der Waals surface area contributed by atoms with Gasteiger partial charge in [0.15, 0.2) is 11.6 Å². The summed E-state index contributed by atoms with van der Waals surface area (Å²) >= 11 is 0. The van der Waals surface area contributed by atoms with Crippen molar-refractivity contribution < 1.29 is 27.9 Å². The van der Waals surface area contributed by atoms with Crippen LogP contribution in [0.25, 0.3) is 0 Å². The highest BCUT2D eigenvalue weighted by molar-refractivity contribution is 7.89. The number of carbonyl (C=O) groups excluding carboxylic acids is 2. The first-order chi connectivity index (χ1) is 12.2. The zero-order valence-electron chi connectivity index (χ0n) is 14.0. The average Bonchev–Trinajstić information content (AvgIpc) is 2.58. The van der Waals surface area contributed by atoms with E-state index in [1.807, 2.05) is 0 Å². The minimum Gasteiger partial charge on any atom is -0.481 e. The van der Waals surface area contributed by atoms with Crippen LogP contribution in [-0.2, 0) is 14.8 Å². The smallest absolute Gasteiger partial charge is 0.306 e. The molecule has 3 N–H and O–H groups in total. The van der Waals surface area contributed by atoms with Crippen molar-refractivity contribution in [2.24, 2.45) is 17.0 Å². The number of fused-ring (bicyclic) bond motifs is 1. The Labute approximate surface area is 150 Å². The van der Waals surface area contributed by atoms with Gasteiger partial charge in [0.2, 0.25) is 10.0 Å². The number of ketones is 2. The first-order valence-electron chi connectivity index (χ1n) is 8.36. The highest BCUT2D eigenvalue weighted by Crippen LogP contribution is 2.36. The summed E-state index contributed by atoms with van der Waals surface area (Å²) in [6.45, 7) is 0. The van der Waals surface area contributed by atoms with E-state index >= 15 is 0 Å². The highest BCUT2D eigenvalue weighted by atomic mass is 32.2. The van der Waals surface area contributed by atoms with Crippen LogP contribution in [0.3, 0.4) is 0 Å². The SMILES string of the molecule is NS(=O)(=O)c1cccc2c1C(=O)C=C(C[C@H]1CCC[C@@H](C(=O)O)C1)C2=O. The Kier molecular flexibility index (Phi) is 4.81. The summed E-state index contributed by atoms with van der Waals surface area (Å²) in [5.41, 5.74) is 0.144. The largest absolute Gasteiger partial charge is 0.481 e. The number of rotatable bonds is 4. The quantitative estimate of drug-likeness (QED) is 0.824. The monoisotopic (exact) mass is 377 g/mol. The third-order valence-electron chi connectivity index (χ3n) is 5.06. The van der Waals surface area contributed by atoms with Crippen LogP contribution in [0.2, 0.25) is 0 Å². The molecule has 1 aromatic rings. The van der Waals surface area contributed by atoms with Gasteiger partial charge in [-0.1, -0.05) is 25.0 Å². The molecule has 7 nitrogen and oxygen atoms in total. The Morgan fingerprint density at radius 3 is 2.62 bits per heavy atom. The lowest BCUT2D eigenvalue weighted by Crippen LogP contribution is -2.26. The number of Topliss-reactive ketones (excluding diaryl/α,β-unsaturated/α-hetero) is 1. The van der Waals surface area contributed by atoms with E-state index in [9.17, 15) is 27.9 Å². The number of benzene rings is 1. The predicted octanol–water partition coefficient (Wildman–Crippen LogP) is 1.92. The molecular formula is C18H19NO6S. The van der Waals surface area contributed by atoms with E-state index in [1.165, 1.54) is 24.3 Å². The lowest BCUT2D eigenvalue weighted by Gasteiger charge is -2.28. The van der Waals surface area contributed by atoms with Crippen LogP contribution in [0.4, 0.5) is 0 Å². The van der Waals surface area contributed by atoms with Gasteiger partial charge in [-0.05, 0) is 37.3 Å². The van der Waals surface area contributed by atoms with Crippen LogP contribution >= 0.6 is 0 Å². The zero-order valence-corrected chi connectivity index (χ0v) is 14.8. The average molecular weight is 377 g/mol. The Balaban J connectivity index is 1.90. The lowest BCUT2D eigenvalue weighted by atomic mass is 9.76. The molecule has 2 aliphatic carbocycles. The van der Waals surface area contributed by atoms with Gasteiger partial charge in [-0.15, -0.1) is 0 Å². The number of carbonyl (C=O) groups is 3. The van der Waals surface area contributed by atoms with E-state index < -0.39 is 33.5 Å². The van der Waals surface area contributed by atoms with Gasteiger partial charge in [-0.3, -0.25) is 14.4 Å². The summed E-state index contributed by atoms with van der Waals surface area (Å²) in [7, 11) is -4.13. The van der Waals surface area contributed by atoms with Crippen molar-refractivity contribution in [3.05, 3.63) is 41.0 Å². The molecule has 0 amide bonds. The van der Waals surface area contributed by atoms with E-state index in [4.69, 9.17) is 5.14 Å². The first kappa shape index (κ1) is 18.5. The van der Waals surface area contributed by atoms with E-state index in [0.29, 0.717) is 24.8 Å². The Hall–Kier alpha value is -2.32. The van der Waals surface area contributed by atoms with E-state index in [2.05, 4.69) is 0 Å². The molecule has 0 saturated heterocycles. The number of nitrogens with two attached hydrogens (primary N) is 1. The summed E-state index contributed by atoms with van der Waals surface area (Å²) < 4.78 is 23.4. The van der Waals surface area contributed by atoms with Crippen molar-refractivity contribution in [2.45, 2.75) is 37.0 Å². The van der Waals surface area contributed by atoms with Gasteiger partial charge in [0.05, 0.1) is 16.4 Å². The molecule has 3 rings (SSSR count). The minimum absolute atomic E-state index is 0.0100. The second-order valence-electron chi connectivity index (χ2n) is 6.86.